The number of ether oxygens (including phenoxy) is 2. The van der Waals surface area contributed by atoms with Crippen LogP contribution in [0.4, 0.5) is 0 Å². The van der Waals surface area contributed by atoms with E-state index in [-0.39, 0.29) is 5.25 Å². The van der Waals surface area contributed by atoms with Crippen molar-refractivity contribution in [1.82, 2.24) is 9.97 Å². The first-order valence-corrected chi connectivity index (χ1v) is 9.99. The number of aromatic nitrogens is 2. The Bertz CT molecular complexity index is 1060. The molecule has 1 aromatic carbocycles. The van der Waals surface area contributed by atoms with Gasteiger partial charge < -0.3 is 9.47 Å². The molecule has 2 heterocycles. The fourth-order valence-corrected chi connectivity index (χ4v) is 4.67. The van der Waals surface area contributed by atoms with Crippen LogP contribution < -0.4 is 9.47 Å². The Balaban J connectivity index is 1.59. The number of hydrogen-bond acceptors (Lipinski definition) is 6. The normalized spacial score (nSPS) is 16.2. The predicted octanol–water partition coefficient (Wildman–Crippen LogP) is 3.79. The summed E-state index contributed by atoms with van der Waals surface area (Å²) in [5.74, 6) is 1.13. The second-order valence-corrected chi connectivity index (χ2v) is 8.60. The van der Waals surface area contributed by atoms with Crippen molar-refractivity contribution in [3.05, 3.63) is 54.4 Å². The maximum absolute atomic E-state index is 12.6. The van der Waals surface area contributed by atoms with Gasteiger partial charge in [-0.1, -0.05) is 12.1 Å². The van der Waals surface area contributed by atoms with Crippen LogP contribution in [0.15, 0.2) is 53.7 Å². The number of benzene rings is 1. The van der Waals surface area contributed by atoms with E-state index in [1.54, 1.807) is 31.6 Å². The summed E-state index contributed by atoms with van der Waals surface area (Å²) in [7, 11) is -1.15. The van der Waals surface area contributed by atoms with Crippen LogP contribution in [0.5, 0.6) is 11.6 Å². The molecule has 7 heteroatoms. The number of nitrogens with zero attached hydrogens (tertiary/aromatic N) is 2. The smallest absolute Gasteiger partial charge is 0.240 e. The van der Waals surface area contributed by atoms with Gasteiger partial charge in [-0.2, -0.15) is 0 Å². The summed E-state index contributed by atoms with van der Waals surface area (Å²) in [4.78, 5) is 9.05. The third-order valence-corrected chi connectivity index (χ3v) is 6.78. The van der Waals surface area contributed by atoms with Crippen molar-refractivity contribution in [2.24, 2.45) is 0 Å². The van der Waals surface area contributed by atoms with Crippen molar-refractivity contribution in [3.63, 3.8) is 0 Å². The molecule has 0 aliphatic heterocycles. The molecular formula is C19H19N3O3S. The van der Waals surface area contributed by atoms with Gasteiger partial charge in [-0.15, -0.1) is 0 Å². The zero-order valence-corrected chi connectivity index (χ0v) is 15.2. The second kappa shape index (κ2) is 6.57. The van der Waals surface area contributed by atoms with Crippen LogP contribution in [0.2, 0.25) is 0 Å². The molecule has 1 saturated carbocycles. The lowest BCUT2D eigenvalue weighted by atomic mass is 10.2. The standard InChI is InChI=1S/C19H19N3O3S/c1-24-19-18-16(7-9-22-19)17(8-10-21-18)25-12-13-3-2-4-15(11-13)26(20,23)14-5-6-14/h2-4,7-11,14,20H,5-6,12H2,1H3/t26-/m0/s1. The lowest BCUT2D eigenvalue weighted by Crippen LogP contribution is -2.06. The first-order chi connectivity index (χ1) is 12.6. The van der Waals surface area contributed by atoms with Gasteiger partial charge in [-0.05, 0) is 42.7 Å². The summed E-state index contributed by atoms with van der Waals surface area (Å²) >= 11 is 0. The summed E-state index contributed by atoms with van der Waals surface area (Å²) in [6.07, 6.45) is 5.06. The van der Waals surface area contributed by atoms with Gasteiger partial charge in [0.15, 0.2) is 0 Å². The highest BCUT2D eigenvalue weighted by atomic mass is 32.2. The molecule has 0 saturated heterocycles. The largest absolute Gasteiger partial charge is 0.488 e. The highest BCUT2D eigenvalue weighted by Gasteiger charge is 2.33. The SMILES string of the molecule is COc1nccc2c(OCc3cccc([S@@](=N)(=O)C4CC4)c3)ccnc12. The summed E-state index contributed by atoms with van der Waals surface area (Å²) in [6, 6.07) is 11.0. The molecule has 0 bridgehead atoms. The summed E-state index contributed by atoms with van der Waals surface area (Å²) in [6.45, 7) is 0.317. The van der Waals surface area contributed by atoms with E-state index < -0.39 is 9.73 Å². The maximum Gasteiger partial charge on any atom is 0.240 e. The van der Waals surface area contributed by atoms with E-state index in [1.807, 2.05) is 24.3 Å². The minimum absolute atomic E-state index is 0.00257. The van der Waals surface area contributed by atoms with Crippen LogP contribution in [0.3, 0.4) is 0 Å². The van der Waals surface area contributed by atoms with Gasteiger partial charge in [0.1, 0.15) is 17.9 Å². The lowest BCUT2D eigenvalue weighted by molar-refractivity contribution is 0.309. The minimum atomic E-state index is -2.71. The molecule has 1 atom stereocenters. The predicted molar refractivity (Wildman–Crippen MR) is 99.0 cm³/mol. The Hall–Kier alpha value is -2.67. The molecule has 1 aliphatic carbocycles. The van der Waals surface area contributed by atoms with E-state index in [1.165, 1.54) is 0 Å². The van der Waals surface area contributed by atoms with Gasteiger partial charge in [0.25, 0.3) is 0 Å². The zero-order chi connectivity index (χ0) is 18.1. The zero-order valence-electron chi connectivity index (χ0n) is 14.3. The van der Waals surface area contributed by atoms with E-state index in [0.29, 0.717) is 28.6 Å². The topological polar surface area (TPSA) is 85.2 Å². The van der Waals surface area contributed by atoms with E-state index in [4.69, 9.17) is 14.3 Å². The van der Waals surface area contributed by atoms with Crippen molar-refractivity contribution < 1.29 is 13.7 Å². The molecule has 1 aliphatic rings. The first-order valence-electron chi connectivity index (χ1n) is 8.36. The van der Waals surface area contributed by atoms with Crippen molar-refractivity contribution in [2.45, 2.75) is 29.6 Å². The molecular weight excluding hydrogens is 350 g/mol. The molecule has 0 amide bonds. The Labute approximate surface area is 152 Å². The molecule has 6 nitrogen and oxygen atoms in total. The molecule has 4 rings (SSSR count). The number of hydrogen-bond donors (Lipinski definition) is 1. The Kier molecular flexibility index (Phi) is 4.24. The lowest BCUT2D eigenvalue weighted by Gasteiger charge is -2.12. The quantitative estimate of drug-likeness (QED) is 0.714. The van der Waals surface area contributed by atoms with Gasteiger partial charge in [-0.25, -0.2) is 14.0 Å². The third kappa shape index (κ3) is 3.10. The van der Waals surface area contributed by atoms with E-state index in [2.05, 4.69) is 9.97 Å². The molecule has 0 radical (unpaired) electrons. The summed E-state index contributed by atoms with van der Waals surface area (Å²) in [5.41, 5.74) is 1.53. The van der Waals surface area contributed by atoms with Gasteiger partial charge in [0.2, 0.25) is 5.88 Å². The molecule has 26 heavy (non-hydrogen) atoms. The Morgan fingerprint density at radius 2 is 2.00 bits per heavy atom. The average Bonchev–Trinajstić information content (AvgIpc) is 3.52. The number of methoxy groups -OCH3 is 1. The van der Waals surface area contributed by atoms with Crippen molar-refractivity contribution in [3.8, 4) is 11.6 Å². The summed E-state index contributed by atoms with van der Waals surface area (Å²) in [5, 5.41) is 0.820. The maximum atomic E-state index is 12.6. The monoisotopic (exact) mass is 369 g/mol. The van der Waals surface area contributed by atoms with Crippen LogP contribution in [0.25, 0.3) is 10.9 Å². The van der Waals surface area contributed by atoms with Crippen molar-refractivity contribution in [1.29, 1.82) is 4.78 Å². The van der Waals surface area contributed by atoms with Gasteiger partial charge in [0, 0.05) is 27.9 Å². The summed E-state index contributed by atoms with van der Waals surface area (Å²) < 4.78 is 32.0. The van der Waals surface area contributed by atoms with E-state index in [9.17, 15) is 4.21 Å². The number of fused-ring (bicyclic) bond motifs is 1. The Morgan fingerprint density at radius 3 is 2.77 bits per heavy atom. The molecule has 3 aromatic rings. The molecule has 0 spiro atoms. The van der Waals surface area contributed by atoms with Crippen molar-refractivity contribution in [2.75, 3.05) is 7.11 Å². The number of rotatable bonds is 6. The molecule has 1 N–H and O–H groups in total. The van der Waals surface area contributed by atoms with Crippen molar-refractivity contribution >= 4 is 20.6 Å². The van der Waals surface area contributed by atoms with Crippen LogP contribution in [0, 0.1) is 4.78 Å². The third-order valence-electron chi connectivity index (χ3n) is 4.42. The van der Waals surface area contributed by atoms with E-state index >= 15 is 0 Å². The number of nitrogens with one attached hydrogen (secondary N) is 1. The second-order valence-electron chi connectivity index (χ2n) is 6.26. The first kappa shape index (κ1) is 16.8. The minimum Gasteiger partial charge on any atom is -0.488 e. The molecule has 134 valence electrons. The highest BCUT2D eigenvalue weighted by molar-refractivity contribution is 7.93. The van der Waals surface area contributed by atoms with Crippen LogP contribution in [0.1, 0.15) is 18.4 Å². The molecule has 1 fully saturated rings. The van der Waals surface area contributed by atoms with Crippen LogP contribution in [-0.2, 0) is 16.3 Å². The average molecular weight is 369 g/mol. The fourth-order valence-electron chi connectivity index (χ4n) is 2.88. The highest BCUT2D eigenvalue weighted by Crippen LogP contribution is 2.34. The molecule has 2 aromatic heterocycles. The van der Waals surface area contributed by atoms with Gasteiger partial charge >= 0.3 is 0 Å². The van der Waals surface area contributed by atoms with Crippen LogP contribution >= 0.6 is 0 Å². The van der Waals surface area contributed by atoms with Gasteiger partial charge in [-0.3, -0.25) is 4.98 Å². The van der Waals surface area contributed by atoms with Crippen LogP contribution in [-0.4, -0.2) is 26.5 Å². The molecule has 0 unspecified atom stereocenters. The number of pyridine rings is 2. The fraction of sp³-hybridized carbons (Fsp3) is 0.263. The Morgan fingerprint density at radius 1 is 1.19 bits per heavy atom. The van der Waals surface area contributed by atoms with E-state index in [0.717, 1.165) is 23.8 Å². The van der Waals surface area contributed by atoms with Gasteiger partial charge in [0.05, 0.1) is 16.8 Å².